The van der Waals surface area contributed by atoms with E-state index in [1.807, 2.05) is 72.8 Å². The summed E-state index contributed by atoms with van der Waals surface area (Å²) >= 11 is 0. The fraction of sp³-hybridized carbons (Fsp3) is 0.250. The Morgan fingerprint density at radius 1 is 0.478 bits per heavy atom. The number of carbonyl (C=O) groups is 3. The highest BCUT2D eigenvalue weighted by molar-refractivity contribution is 5.83. The number of primary amides is 3. The summed E-state index contributed by atoms with van der Waals surface area (Å²) in [4.78, 5) is 33.1. The number of nitrogens with one attached hydrogen (secondary N) is 3. The minimum Gasteiger partial charge on any atom is -0.489 e. The number of carbonyl (C=O) groups excluding carboxylic acids is 3. The van der Waals surface area contributed by atoms with Crippen molar-refractivity contribution in [1.29, 1.82) is 0 Å². The molecule has 0 fully saturated rings. The minimum atomic E-state index is -0.764. The molecule has 0 aliphatic rings. The van der Waals surface area contributed by atoms with Gasteiger partial charge in [0.2, 0.25) is 17.7 Å². The van der Waals surface area contributed by atoms with Gasteiger partial charge in [0.25, 0.3) is 0 Å². The van der Waals surface area contributed by atoms with Crippen molar-refractivity contribution in [3.8, 4) is 17.2 Å². The molecule has 67 heavy (non-hydrogen) atoms. The zero-order valence-electron chi connectivity index (χ0n) is 38.1. The number of rotatable bonds is 21. The summed E-state index contributed by atoms with van der Waals surface area (Å²) < 4.78 is 57.1. The third-order valence-electron chi connectivity index (χ3n) is 10.3. The first-order chi connectivity index (χ1) is 32.0. The van der Waals surface area contributed by atoms with Crippen molar-refractivity contribution in [3.63, 3.8) is 0 Å². The molecule has 0 spiro atoms. The highest BCUT2D eigenvalue weighted by Gasteiger charge is 2.23. The monoisotopic (exact) mass is 920 g/mol. The highest BCUT2D eigenvalue weighted by atomic mass is 19.1. The number of ether oxygens (including phenoxy) is 3. The predicted octanol–water partition coefficient (Wildman–Crippen LogP) is 7.49. The molecular weight excluding hydrogens is 862 g/mol. The molecule has 0 heterocycles. The standard InChI is InChI=1S/C18H21FN2O2.2C17H19FN2O2/c1-18(2,17(20)22)21-11-13-7-9-15(10-8-13)23-12-14-5-3-4-6-16(14)19;2*1-12(17(19)21)20-10-13-6-8-15(9-7-13)22-11-14-4-2-3-5-16(14)18/h3-10,21H,11-12H2,1-2H3,(H2,20,22);2*2-9,12,20H,10-11H2,1H3,(H2,19,21)/t;2*12-/m.10/s1. The largest absolute Gasteiger partial charge is 0.489 e. The molecule has 6 aromatic rings. The molecule has 0 saturated heterocycles. The lowest BCUT2D eigenvalue weighted by atomic mass is 10.0. The second kappa shape index (κ2) is 26.7. The summed E-state index contributed by atoms with van der Waals surface area (Å²) in [7, 11) is 0. The van der Waals surface area contributed by atoms with Crippen LogP contribution in [-0.2, 0) is 53.8 Å². The number of nitrogens with two attached hydrogens (primary N) is 3. The average molecular weight is 921 g/mol. The van der Waals surface area contributed by atoms with Crippen molar-refractivity contribution < 1.29 is 41.8 Å². The van der Waals surface area contributed by atoms with Gasteiger partial charge in [-0.2, -0.15) is 0 Å². The molecule has 0 saturated carbocycles. The lowest BCUT2D eigenvalue weighted by Crippen LogP contribution is -2.50. The molecular formula is C52H59F3N6O6. The maximum Gasteiger partial charge on any atom is 0.237 e. The third kappa shape index (κ3) is 18.7. The molecule has 2 atom stereocenters. The van der Waals surface area contributed by atoms with Gasteiger partial charge in [0.15, 0.2) is 0 Å². The number of halogens is 3. The quantitative estimate of drug-likeness (QED) is 0.0424. The van der Waals surface area contributed by atoms with Crippen LogP contribution in [0.1, 0.15) is 61.1 Å². The molecule has 0 bridgehead atoms. The molecule has 6 rings (SSSR count). The summed E-state index contributed by atoms with van der Waals surface area (Å²) in [6.07, 6.45) is 0. The van der Waals surface area contributed by atoms with Crippen LogP contribution in [0.3, 0.4) is 0 Å². The first kappa shape index (κ1) is 52.4. The van der Waals surface area contributed by atoms with E-state index in [1.54, 1.807) is 82.3 Å². The number of hydrogen-bond acceptors (Lipinski definition) is 9. The maximum atomic E-state index is 13.5. The van der Waals surface area contributed by atoms with Gasteiger partial charge >= 0.3 is 0 Å². The van der Waals surface area contributed by atoms with E-state index in [0.29, 0.717) is 53.6 Å². The van der Waals surface area contributed by atoms with Gasteiger partial charge in [-0.05, 0) is 99.0 Å². The lowest BCUT2D eigenvalue weighted by molar-refractivity contribution is -0.123. The van der Waals surface area contributed by atoms with Crippen LogP contribution in [-0.4, -0.2) is 35.3 Å². The Morgan fingerprint density at radius 3 is 1.03 bits per heavy atom. The Hall–Kier alpha value is -7.20. The first-order valence-corrected chi connectivity index (χ1v) is 21.5. The van der Waals surface area contributed by atoms with Crippen LogP contribution in [0, 0.1) is 17.5 Å². The minimum absolute atomic E-state index is 0.180. The van der Waals surface area contributed by atoms with E-state index in [4.69, 9.17) is 31.4 Å². The van der Waals surface area contributed by atoms with E-state index >= 15 is 0 Å². The second-order valence-corrected chi connectivity index (χ2v) is 15.9. The van der Waals surface area contributed by atoms with Crippen LogP contribution in [0.15, 0.2) is 146 Å². The van der Waals surface area contributed by atoms with E-state index < -0.39 is 11.4 Å². The molecule has 0 aliphatic heterocycles. The predicted molar refractivity (Wildman–Crippen MR) is 253 cm³/mol. The first-order valence-electron chi connectivity index (χ1n) is 21.5. The molecule has 0 radical (unpaired) electrons. The topological polar surface area (TPSA) is 193 Å². The summed E-state index contributed by atoms with van der Waals surface area (Å²) in [6.45, 7) is 9.05. The molecule has 15 heteroatoms. The third-order valence-corrected chi connectivity index (χ3v) is 10.3. The lowest BCUT2D eigenvalue weighted by Gasteiger charge is -2.22. The Balaban J connectivity index is 0.000000219. The molecule has 0 unspecified atom stereocenters. The van der Waals surface area contributed by atoms with E-state index in [9.17, 15) is 27.6 Å². The maximum absolute atomic E-state index is 13.5. The molecule has 9 N–H and O–H groups in total. The van der Waals surface area contributed by atoms with Gasteiger partial charge in [-0.3, -0.25) is 19.7 Å². The van der Waals surface area contributed by atoms with Gasteiger partial charge < -0.3 is 42.0 Å². The molecule has 6 aromatic carbocycles. The van der Waals surface area contributed by atoms with Crippen LogP contribution in [0.5, 0.6) is 17.2 Å². The van der Waals surface area contributed by atoms with Gasteiger partial charge in [0, 0.05) is 36.3 Å². The van der Waals surface area contributed by atoms with Crippen LogP contribution < -0.4 is 47.4 Å². The summed E-state index contributed by atoms with van der Waals surface area (Å²) in [5.74, 6) is -0.0115. The van der Waals surface area contributed by atoms with Crippen LogP contribution in [0.4, 0.5) is 13.2 Å². The zero-order chi connectivity index (χ0) is 48.8. The second-order valence-electron chi connectivity index (χ2n) is 15.9. The van der Waals surface area contributed by atoms with Gasteiger partial charge in [0.05, 0.1) is 17.6 Å². The van der Waals surface area contributed by atoms with Gasteiger partial charge in [0.1, 0.15) is 54.5 Å². The van der Waals surface area contributed by atoms with E-state index in [1.165, 1.54) is 18.2 Å². The zero-order valence-corrected chi connectivity index (χ0v) is 38.1. The number of benzene rings is 6. The Labute approximate surface area is 390 Å². The summed E-state index contributed by atoms with van der Waals surface area (Å²) in [5.41, 5.74) is 19.5. The molecule has 0 aliphatic carbocycles. The Kier molecular flexibility index (Phi) is 20.9. The van der Waals surface area contributed by atoms with Crippen LogP contribution >= 0.6 is 0 Å². The van der Waals surface area contributed by atoms with Gasteiger partial charge in [-0.1, -0.05) is 91.0 Å². The van der Waals surface area contributed by atoms with E-state index in [-0.39, 0.29) is 61.2 Å². The normalized spacial score (nSPS) is 11.7. The van der Waals surface area contributed by atoms with Crippen molar-refractivity contribution >= 4 is 17.7 Å². The molecule has 12 nitrogen and oxygen atoms in total. The summed E-state index contributed by atoms with van der Waals surface area (Å²) in [6, 6.07) is 41.0. The van der Waals surface area contributed by atoms with Crippen LogP contribution in [0.2, 0.25) is 0 Å². The van der Waals surface area contributed by atoms with Crippen molar-refractivity contribution in [2.75, 3.05) is 0 Å². The highest BCUT2D eigenvalue weighted by Crippen LogP contribution is 2.19. The summed E-state index contributed by atoms with van der Waals surface area (Å²) in [5, 5.41) is 9.13. The van der Waals surface area contributed by atoms with Crippen LogP contribution in [0.25, 0.3) is 0 Å². The fourth-order valence-electron chi connectivity index (χ4n) is 5.59. The van der Waals surface area contributed by atoms with Gasteiger partial charge in [-0.15, -0.1) is 0 Å². The van der Waals surface area contributed by atoms with E-state index in [2.05, 4.69) is 16.0 Å². The number of hydrogen-bond donors (Lipinski definition) is 6. The van der Waals surface area contributed by atoms with Gasteiger partial charge in [-0.25, -0.2) is 13.2 Å². The smallest absolute Gasteiger partial charge is 0.237 e. The van der Waals surface area contributed by atoms with Crippen molar-refractivity contribution in [1.82, 2.24) is 16.0 Å². The van der Waals surface area contributed by atoms with Crippen molar-refractivity contribution in [2.45, 2.75) is 84.8 Å². The fourth-order valence-corrected chi connectivity index (χ4v) is 5.59. The Morgan fingerprint density at radius 2 is 0.761 bits per heavy atom. The van der Waals surface area contributed by atoms with Crippen molar-refractivity contribution in [2.24, 2.45) is 17.2 Å². The Bertz CT molecular complexity index is 2360. The van der Waals surface area contributed by atoms with E-state index in [0.717, 1.165) is 16.7 Å². The average Bonchev–Trinajstić information content (AvgIpc) is 3.32. The molecule has 354 valence electrons. The molecule has 0 aromatic heterocycles. The SMILES string of the molecule is CC(C)(NCc1ccc(OCc2ccccc2F)cc1)C(N)=O.C[C@@H](NCc1ccc(OCc2ccccc2F)cc1)C(N)=O.C[C@H](NCc1ccc(OCc2ccccc2F)cc1)C(N)=O. The van der Waals surface area contributed by atoms with Crippen molar-refractivity contribution in [3.05, 3.63) is 196 Å². The number of amides is 3. The molecule has 3 amide bonds.